The first-order chi connectivity index (χ1) is 8.70. The van der Waals surface area contributed by atoms with Gasteiger partial charge in [0.2, 0.25) is 12.3 Å². The number of benzene rings is 1. The number of aryl methyl sites for hydroxylation is 1. The van der Waals surface area contributed by atoms with E-state index in [9.17, 15) is 4.79 Å². The van der Waals surface area contributed by atoms with Gasteiger partial charge in [-0.25, -0.2) is 0 Å². The Kier molecular flexibility index (Phi) is 3.49. The summed E-state index contributed by atoms with van der Waals surface area (Å²) in [6.07, 6.45) is 1.89. The minimum atomic E-state index is 0.0405. The van der Waals surface area contributed by atoms with Gasteiger partial charge in [0.1, 0.15) is 0 Å². The van der Waals surface area contributed by atoms with Crippen LogP contribution in [0.4, 0.5) is 0 Å². The zero-order chi connectivity index (χ0) is 13.0. The zero-order valence-corrected chi connectivity index (χ0v) is 10.1. The lowest BCUT2D eigenvalue weighted by atomic mass is 10.1. The molecule has 0 amide bonds. The number of carbonyl (C=O) groups excluding carboxylic acids is 1. The fourth-order valence-corrected chi connectivity index (χ4v) is 1.72. The SMILES string of the molecule is Cc1cccc[n+]1CC(=O)c1ccc(C#N)cc1. The monoisotopic (exact) mass is 237 g/mol. The van der Waals surface area contributed by atoms with Gasteiger partial charge in [-0.3, -0.25) is 4.79 Å². The summed E-state index contributed by atoms with van der Waals surface area (Å²) in [5, 5.41) is 8.70. The molecular weight excluding hydrogens is 224 g/mol. The molecule has 3 nitrogen and oxygen atoms in total. The normalized spacial score (nSPS) is 9.78. The number of Topliss-reactive ketones (excluding diaryl/α,β-unsaturated/α-hetero) is 1. The summed E-state index contributed by atoms with van der Waals surface area (Å²) in [6.45, 7) is 2.28. The predicted molar refractivity (Wildman–Crippen MR) is 66.9 cm³/mol. The van der Waals surface area contributed by atoms with Gasteiger partial charge in [0, 0.05) is 24.6 Å². The highest BCUT2D eigenvalue weighted by Crippen LogP contribution is 2.04. The average molecular weight is 237 g/mol. The fraction of sp³-hybridized carbons (Fsp3) is 0.133. The molecule has 1 aromatic heterocycles. The molecule has 2 aromatic rings. The molecule has 0 fully saturated rings. The van der Waals surface area contributed by atoms with Crippen LogP contribution in [-0.4, -0.2) is 5.78 Å². The number of nitrogens with zero attached hydrogens (tertiary/aromatic N) is 2. The van der Waals surface area contributed by atoms with Crippen molar-refractivity contribution in [2.24, 2.45) is 0 Å². The van der Waals surface area contributed by atoms with E-state index in [0.717, 1.165) is 5.69 Å². The molecule has 0 aliphatic rings. The van der Waals surface area contributed by atoms with E-state index in [1.165, 1.54) is 0 Å². The molecule has 0 spiro atoms. The highest BCUT2D eigenvalue weighted by Gasteiger charge is 2.13. The highest BCUT2D eigenvalue weighted by molar-refractivity contribution is 5.95. The summed E-state index contributed by atoms with van der Waals surface area (Å²) >= 11 is 0. The summed E-state index contributed by atoms with van der Waals surface area (Å²) in [5.74, 6) is 0.0405. The molecule has 0 saturated heterocycles. The molecule has 3 heteroatoms. The third-order valence-corrected chi connectivity index (χ3v) is 2.82. The van der Waals surface area contributed by atoms with Crippen molar-refractivity contribution in [3.05, 3.63) is 65.5 Å². The largest absolute Gasteiger partial charge is 0.287 e. The van der Waals surface area contributed by atoms with Crippen molar-refractivity contribution in [3.8, 4) is 6.07 Å². The number of nitriles is 1. The third kappa shape index (κ3) is 2.61. The van der Waals surface area contributed by atoms with Crippen LogP contribution in [0.3, 0.4) is 0 Å². The van der Waals surface area contributed by atoms with Gasteiger partial charge >= 0.3 is 0 Å². The first-order valence-corrected chi connectivity index (χ1v) is 5.69. The van der Waals surface area contributed by atoms with E-state index in [1.807, 2.05) is 42.0 Å². The summed E-state index contributed by atoms with van der Waals surface area (Å²) in [7, 11) is 0. The molecule has 0 bridgehead atoms. The Balaban J connectivity index is 2.17. The maximum Gasteiger partial charge on any atom is 0.227 e. The van der Waals surface area contributed by atoms with Crippen LogP contribution in [-0.2, 0) is 6.54 Å². The molecule has 0 unspecified atom stereocenters. The quantitative estimate of drug-likeness (QED) is 0.605. The Morgan fingerprint density at radius 2 is 1.94 bits per heavy atom. The minimum absolute atomic E-state index is 0.0405. The van der Waals surface area contributed by atoms with Gasteiger partial charge in [0.05, 0.1) is 11.6 Å². The van der Waals surface area contributed by atoms with Crippen LogP contribution in [0.5, 0.6) is 0 Å². The Morgan fingerprint density at radius 1 is 1.22 bits per heavy atom. The van der Waals surface area contributed by atoms with Crippen LogP contribution in [0.1, 0.15) is 21.6 Å². The maximum absolute atomic E-state index is 12.1. The van der Waals surface area contributed by atoms with Gasteiger partial charge in [0.25, 0.3) is 0 Å². The van der Waals surface area contributed by atoms with Crippen molar-refractivity contribution >= 4 is 5.78 Å². The summed E-state index contributed by atoms with van der Waals surface area (Å²) < 4.78 is 1.90. The first-order valence-electron chi connectivity index (χ1n) is 5.69. The first kappa shape index (κ1) is 12.0. The second-order valence-electron chi connectivity index (χ2n) is 4.08. The number of pyridine rings is 1. The second kappa shape index (κ2) is 5.24. The summed E-state index contributed by atoms with van der Waals surface area (Å²) in [6, 6.07) is 14.6. The lowest BCUT2D eigenvalue weighted by Gasteiger charge is -2.00. The number of ketones is 1. The predicted octanol–water partition coefficient (Wildman–Crippen LogP) is 2.04. The number of carbonyl (C=O) groups is 1. The lowest BCUT2D eigenvalue weighted by Crippen LogP contribution is -2.40. The molecule has 0 radical (unpaired) electrons. The van der Waals surface area contributed by atoms with Gasteiger partial charge in [0.15, 0.2) is 11.9 Å². The van der Waals surface area contributed by atoms with Crippen LogP contribution in [0.2, 0.25) is 0 Å². The van der Waals surface area contributed by atoms with E-state index in [2.05, 4.69) is 0 Å². The Labute approximate surface area is 106 Å². The molecule has 2 rings (SSSR count). The molecule has 88 valence electrons. The number of aromatic nitrogens is 1. The van der Waals surface area contributed by atoms with Crippen molar-refractivity contribution in [2.45, 2.75) is 13.5 Å². The van der Waals surface area contributed by atoms with Crippen LogP contribution in [0.25, 0.3) is 0 Å². The van der Waals surface area contributed by atoms with Crippen LogP contribution in [0, 0.1) is 18.3 Å². The molecule has 0 aliphatic heterocycles. The highest BCUT2D eigenvalue weighted by atomic mass is 16.1. The van der Waals surface area contributed by atoms with E-state index in [-0.39, 0.29) is 5.78 Å². The van der Waals surface area contributed by atoms with Crippen LogP contribution >= 0.6 is 0 Å². The molecule has 0 saturated carbocycles. The number of hydrogen-bond donors (Lipinski definition) is 0. The fourth-order valence-electron chi connectivity index (χ4n) is 1.72. The molecule has 0 atom stereocenters. The molecule has 18 heavy (non-hydrogen) atoms. The molecule has 1 aromatic carbocycles. The second-order valence-corrected chi connectivity index (χ2v) is 4.08. The van der Waals surface area contributed by atoms with Crippen LogP contribution in [0.15, 0.2) is 48.7 Å². The van der Waals surface area contributed by atoms with Gasteiger partial charge < -0.3 is 0 Å². The van der Waals surface area contributed by atoms with Gasteiger partial charge in [-0.15, -0.1) is 0 Å². The smallest absolute Gasteiger partial charge is 0.227 e. The standard InChI is InChI=1S/C15H13N2O/c1-12-4-2-3-9-17(12)11-15(18)14-7-5-13(10-16)6-8-14/h2-9H,11H2,1H3/q+1. The van der Waals surface area contributed by atoms with Gasteiger partial charge in [-0.2, -0.15) is 9.83 Å². The Bertz CT molecular complexity index is 609. The number of hydrogen-bond acceptors (Lipinski definition) is 2. The van der Waals surface area contributed by atoms with Crippen molar-refractivity contribution in [2.75, 3.05) is 0 Å². The van der Waals surface area contributed by atoms with E-state index in [4.69, 9.17) is 5.26 Å². The van der Waals surface area contributed by atoms with E-state index in [1.54, 1.807) is 24.3 Å². The van der Waals surface area contributed by atoms with E-state index >= 15 is 0 Å². The molecule has 0 N–H and O–H groups in total. The summed E-state index contributed by atoms with van der Waals surface area (Å²) in [4.78, 5) is 12.1. The van der Waals surface area contributed by atoms with Crippen molar-refractivity contribution in [1.82, 2.24) is 0 Å². The van der Waals surface area contributed by atoms with Gasteiger partial charge in [-0.1, -0.05) is 6.07 Å². The lowest BCUT2D eigenvalue weighted by molar-refractivity contribution is -0.689. The van der Waals surface area contributed by atoms with Crippen molar-refractivity contribution in [1.29, 1.82) is 5.26 Å². The molecule has 0 aliphatic carbocycles. The summed E-state index contributed by atoms with van der Waals surface area (Å²) in [5.41, 5.74) is 2.24. The van der Waals surface area contributed by atoms with Crippen molar-refractivity contribution < 1.29 is 9.36 Å². The van der Waals surface area contributed by atoms with Gasteiger partial charge in [-0.05, 0) is 24.3 Å². The molecular formula is C15H13N2O+. The van der Waals surface area contributed by atoms with E-state index < -0.39 is 0 Å². The van der Waals surface area contributed by atoms with E-state index in [0.29, 0.717) is 17.7 Å². The minimum Gasteiger partial charge on any atom is -0.287 e. The average Bonchev–Trinajstić information content (AvgIpc) is 2.41. The topological polar surface area (TPSA) is 44.7 Å². The Hall–Kier alpha value is -2.47. The molecule has 1 heterocycles. The maximum atomic E-state index is 12.1. The zero-order valence-electron chi connectivity index (χ0n) is 10.1. The van der Waals surface area contributed by atoms with Crippen molar-refractivity contribution in [3.63, 3.8) is 0 Å². The number of rotatable bonds is 3. The third-order valence-electron chi connectivity index (χ3n) is 2.82. The van der Waals surface area contributed by atoms with Crippen LogP contribution < -0.4 is 4.57 Å². The Morgan fingerprint density at radius 3 is 2.56 bits per heavy atom.